The van der Waals surface area contributed by atoms with Gasteiger partial charge in [0.1, 0.15) is 5.69 Å². The molecular formula is C14H18N4O2. The van der Waals surface area contributed by atoms with E-state index in [-0.39, 0.29) is 24.4 Å². The van der Waals surface area contributed by atoms with Gasteiger partial charge in [-0.15, -0.1) is 0 Å². The molecule has 0 aliphatic carbocycles. The van der Waals surface area contributed by atoms with Crippen LogP contribution in [-0.2, 0) is 4.79 Å². The average Bonchev–Trinajstić information content (AvgIpc) is 2.80. The number of benzene rings is 1. The van der Waals surface area contributed by atoms with Gasteiger partial charge in [0.15, 0.2) is 0 Å². The van der Waals surface area contributed by atoms with Crippen LogP contribution in [0, 0.1) is 0 Å². The number of nitrogens with two attached hydrogens (primary N) is 1. The standard InChI is InChI=1S/C14H18N4O2/c1-8(2)17-12(19)7-16-14(20)11-6-9-4-3-5-10(15)13(9)18-11/h3-6,8,18H,7,15H2,1-2H3,(H,16,20)(H,17,19). The van der Waals surface area contributed by atoms with Crippen LogP contribution in [0.2, 0.25) is 0 Å². The molecule has 2 rings (SSSR count). The van der Waals surface area contributed by atoms with Gasteiger partial charge in [-0.1, -0.05) is 12.1 Å². The van der Waals surface area contributed by atoms with Crippen molar-refractivity contribution in [3.63, 3.8) is 0 Å². The van der Waals surface area contributed by atoms with Crippen molar-refractivity contribution in [2.45, 2.75) is 19.9 Å². The molecule has 0 bridgehead atoms. The molecule has 0 saturated heterocycles. The number of amides is 2. The van der Waals surface area contributed by atoms with Crippen molar-refractivity contribution in [1.82, 2.24) is 15.6 Å². The van der Waals surface area contributed by atoms with Crippen molar-refractivity contribution in [1.29, 1.82) is 0 Å². The first-order valence-corrected chi connectivity index (χ1v) is 6.42. The first-order chi connectivity index (χ1) is 9.47. The number of para-hydroxylation sites is 1. The van der Waals surface area contributed by atoms with E-state index in [1.807, 2.05) is 26.0 Å². The number of aromatic amines is 1. The molecule has 2 aromatic rings. The number of aromatic nitrogens is 1. The summed E-state index contributed by atoms with van der Waals surface area (Å²) in [6.45, 7) is 3.67. The number of H-pyrrole nitrogens is 1. The van der Waals surface area contributed by atoms with Crippen molar-refractivity contribution in [2.75, 3.05) is 12.3 Å². The van der Waals surface area contributed by atoms with E-state index in [0.717, 1.165) is 10.9 Å². The number of hydrogen-bond donors (Lipinski definition) is 4. The second-order valence-corrected chi connectivity index (χ2v) is 4.90. The van der Waals surface area contributed by atoms with Crippen molar-refractivity contribution < 1.29 is 9.59 Å². The van der Waals surface area contributed by atoms with E-state index < -0.39 is 0 Å². The normalized spacial score (nSPS) is 10.8. The monoisotopic (exact) mass is 274 g/mol. The Morgan fingerprint density at radius 3 is 2.75 bits per heavy atom. The third-order valence-corrected chi connectivity index (χ3v) is 2.79. The third-order valence-electron chi connectivity index (χ3n) is 2.79. The largest absolute Gasteiger partial charge is 0.397 e. The molecule has 6 heteroatoms. The van der Waals surface area contributed by atoms with Gasteiger partial charge in [0.2, 0.25) is 5.91 Å². The van der Waals surface area contributed by atoms with Crippen LogP contribution in [0.25, 0.3) is 10.9 Å². The summed E-state index contributed by atoms with van der Waals surface area (Å²) in [6, 6.07) is 7.21. The topological polar surface area (TPSA) is 100 Å². The van der Waals surface area contributed by atoms with E-state index >= 15 is 0 Å². The number of carbonyl (C=O) groups is 2. The zero-order valence-electron chi connectivity index (χ0n) is 11.5. The molecule has 106 valence electrons. The van der Waals surface area contributed by atoms with Crippen LogP contribution in [0.4, 0.5) is 5.69 Å². The van der Waals surface area contributed by atoms with Gasteiger partial charge in [-0.3, -0.25) is 9.59 Å². The highest BCUT2D eigenvalue weighted by molar-refractivity contribution is 6.01. The summed E-state index contributed by atoms with van der Waals surface area (Å²) >= 11 is 0. The summed E-state index contributed by atoms with van der Waals surface area (Å²) in [4.78, 5) is 26.4. The predicted molar refractivity (Wildman–Crippen MR) is 78.3 cm³/mol. The number of carbonyl (C=O) groups excluding carboxylic acids is 2. The molecular weight excluding hydrogens is 256 g/mol. The van der Waals surface area contributed by atoms with Crippen LogP contribution in [0.1, 0.15) is 24.3 Å². The van der Waals surface area contributed by atoms with E-state index in [1.54, 1.807) is 12.1 Å². The van der Waals surface area contributed by atoms with Crippen molar-refractivity contribution in [3.05, 3.63) is 30.0 Å². The highest BCUT2D eigenvalue weighted by Crippen LogP contribution is 2.20. The lowest BCUT2D eigenvalue weighted by Crippen LogP contribution is -2.39. The molecule has 1 aromatic heterocycles. The smallest absolute Gasteiger partial charge is 0.268 e. The van der Waals surface area contributed by atoms with Gasteiger partial charge in [-0.05, 0) is 26.0 Å². The molecule has 2 amide bonds. The number of hydrogen-bond acceptors (Lipinski definition) is 3. The molecule has 1 heterocycles. The second kappa shape index (κ2) is 5.64. The van der Waals surface area contributed by atoms with Crippen molar-refractivity contribution >= 4 is 28.4 Å². The molecule has 0 aliphatic rings. The van der Waals surface area contributed by atoms with E-state index in [4.69, 9.17) is 5.73 Å². The van der Waals surface area contributed by atoms with Crippen LogP contribution in [0.3, 0.4) is 0 Å². The molecule has 0 saturated carbocycles. The molecule has 20 heavy (non-hydrogen) atoms. The maximum atomic E-state index is 12.0. The van der Waals surface area contributed by atoms with Gasteiger partial charge in [-0.2, -0.15) is 0 Å². The fraction of sp³-hybridized carbons (Fsp3) is 0.286. The molecule has 1 aromatic carbocycles. The van der Waals surface area contributed by atoms with Gasteiger partial charge in [-0.25, -0.2) is 0 Å². The van der Waals surface area contributed by atoms with Crippen LogP contribution < -0.4 is 16.4 Å². The number of nitrogen functional groups attached to an aromatic ring is 1. The minimum Gasteiger partial charge on any atom is -0.397 e. The Bertz CT molecular complexity index is 646. The highest BCUT2D eigenvalue weighted by Gasteiger charge is 2.12. The third kappa shape index (κ3) is 3.09. The maximum Gasteiger partial charge on any atom is 0.268 e. The SMILES string of the molecule is CC(C)NC(=O)CNC(=O)c1cc2cccc(N)c2[nH]1. The quantitative estimate of drug-likeness (QED) is 0.626. The lowest BCUT2D eigenvalue weighted by Gasteiger charge is -2.08. The summed E-state index contributed by atoms with van der Waals surface area (Å²) in [5.41, 5.74) is 7.51. The Labute approximate surface area is 116 Å². The number of anilines is 1. The summed E-state index contributed by atoms with van der Waals surface area (Å²) < 4.78 is 0. The Morgan fingerprint density at radius 2 is 2.10 bits per heavy atom. The van der Waals surface area contributed by atoms with E-state index in [1.165, 1.54) is 0 Å². The molecule has 0 radical (unpaired) electrons. The van der Waals surface area contributed by atoms with Crippen molar-refractivity contribution in [2.24, 2.45) is 0 Å². The van der Waals surface area contributed by atoms with Gasteiger partial charge in [0.05, 0.1) is 17.7 Å². The molecule has 0 spiro atoms. The van der Waals surface area contributed by atoms with Gasteiger partial charge in [0.25, 0.3) is 5.91 Å². The highest BCUT2D eigenvalue weighted by atomic mass is 16.2. The van der Waals surface area contributed by atoms with Gasteiger partial charge < -0.3 is 21.4 Å². The molecule has 6 nitrogen and oxygen atoms in total. The average molecular weight is 274 g/mol. The van der Waals surface area contributed by atoms with E-state index in [0.29, 0.717) is 11.4 Å². The molecule has 0 atom stereocenters. The van der Waals surface area contributed by atoms with Gasteiger partial charge >= 0.3 is 0 Å². The number of fused-ring (bicyclic) bond motifs is 1. The Balaban J connectivity index is 2.04. The first-order valence-electron chi connectivity index (χ1n) is 6.42. The van der Waals surface area contributed by atoms with Crippen LogP contribution in [0.5, 0.6) is 0 Å². The van der Waals surface area contributed by atoms with Crippen molar-refractivity contribution in [3.8, 4) is 0 Å². The lowest BCUT2D eigenvalue weighted by atomic mass is 10.2. The predicted octanol–water partition coefficient (Wildman–Crippen LogP) is 1.00. The Kier molecular flexibility index (Phi) is 3.93. The van der Waals surface area contributed by atoms with E-state index in [2.05, 4.69) is 15.6 Å². The first kappa shape index (κ1) is 13.9. The summed E-state index contributed by atoms with van der Waals surface area (Å²) in [5.74, 6) is -0.552. The number of nitrogens with one attached hydrogen (secondary N) is 3. The molecule has 5 N–H and O–H groups in total. The number of rotatable bonds is 4. The van der Waals surface area contributed by atoms with E-state index in [9.17, 15) is 9.59 Å². The Hall–Kier alpha value is -2.50. The summed E-state index contributed by atoms with van der Waals surface area (Å²) in [6.07, 6.45) is 0. The zero-order chi connectivity index (χ0) is 14.7. The fourth-order valence-electron chi connectivity index (χ4n) is 1.93. The Morgan fingerprint density at radius 1 is 1.35 bits per heavy atom. The minimum atomic E-state index is -0.334. The summed E-state index contributed by atoms with van der Waals surface area (Å²) in [5, 5.41) is 6.13. The van der Waals surface area contributed by atoms with Crippen LogP contribution in [-0.4, -0.2) is 29.4 Å². The molecule has 0 unspecified atom stereocenters. The molecule has 0 aliphatic heterocycles. The zero-order valence-corrected chi connectivity index (χ0v) is 11.5. The van der Waals surface area contributed by atoms with Crippen LogP contribution >= 0.6 is 0 Å². The van der Waals surface area contributed by atoms with Gasteiger partial charge in [0, 0.05) is 11.4 Å². The summed E-state index contributed by atoms with van der Waals surface area (Å²) in [7, 11) is 0. The van der Waals surface area contributed by atoms with Crippen LogP contribution in [0.15, 0.2) is 24.3 Å². The minimum absolute atomic E-state index is 0.0484. The second-order valence-electron chi connectivity index (χ2n) is 4.90. The molecule has 0 fully saturated rings. The fourth-order valence-corrected chi connectivity index (χ4v) is 1.93. The maximum absolute atomic E-state index is 12.0. The lowest BCUT2D eigenvalue weighted by molar-refractivity contribution is -0.120.